The molecule has 2 atom stereocenters. The Hall–Kier alpha value is -4.25. The molecule has 0 aliphatic heterocycles. The number of sulfonamides is 1. The van der Waals surface area contributed by atoms with Gasteiger partial charge in [0, 0.05) is 24.7 Å². The zero-order chi connectivity index (χ0) is 29.4. The highest BCUT2D eigenvalue weighted by Crippen LogP contribution is 2.27. The number of anilines is 1. The van der Waals surface area contributed by atoms with E-state index >= 15 is 0 Å². The molecule has 0 fully saturated rings. The fraction of sp³-hybridized carbons (Fsp3) is 0.310. The fourth-order valence-corrected chi connectivity index (χ4v) is 5.46. The molecular formula is C29H34N4O6S. The molecule has 0 heterocycles. The molecule has 0 bridgehead atoms. The number of nitro groups is 1. The van der Waals surface area contributed by atoms with E-state index in [1.807, 2.05) is 45.0 Å². The summed E-state index contributed by atoms with van der Waals surface area (Å²) >= 11 is 0. The highest BCUT2D eigenvalue weighted by atomic mass is 32.2. The van der Waals surface area contributed by atoms with Crippen LogP contribution < -0.4 is 9.62 Å². The lowest BCUT2D eigenvalue weighted by Crippen LogP contribution is -2.52. The van der Waals surface area contributed by atoms with Gasteiger partial charge in [-0.25, -0.2) is 8.42 Å². The van der Waals surface area contributed by atoms with Gasteiger partial charge in [-0.3, -0.25) is 24.0 Å². The maximum absolute atomic E-state index is 13.9. The molecule has 0 unspecified atom stereocenters. The molecule has 0 radical (unpaired) electrons. The number of benzene rings is 3. The number of nitro benzene ring substituents is 1. The number of carbonyl (C=O) groups excluding carboxylic acids is 2. The number of nitrogens with one attached hydrogen (secondary N) is 1. The summed E-state index contributed by atoms with van der Waals surface area (Å²) in [7, 11) is -4.31. The van der Waals surface area contributed by atoms with Gasteiger partial charge in [0.2, 0.25) is 11.8 Å². The minimum absolute atomic E-state index is 0.0426. The largest absolute Gasteiger partial charge is 0.352 e. The molecule has 11 heteroatoms. The van der Waals surface area contributed by atoms with E-state index < -0.39 is 33.4 Å². The summed E-state index contributed by atoms with van der Waals surface area (Å²) in [6, 6.07) is 19.0. The molecule has 0 saturated heterocycles. The minimum atomic E-state index is -4.31. The van der Waals surface area contributed by atoms with Crippen LogP contribution in [0, 0.1) is 17.0 Å². The number of rotatable bonds is 12. The third-order valence-corrected chi connectivity index (χ3v) is 8.50. The lowest BCUT2D eigenvalue weighted by atomic mass is 10.1. The van der Waals surface area contributed by atoms with Crippen LogP contribution in [0.3, 0.4) is 0 Å². The number of hydrogen-bond donors (Lipinski definition) is 1. The van der Waals surface area contributed by atoms with Crippen LogP contribution in [0.4, 0.5) is 11.4 Å². The summed E-state index contributed by atoms with van der Waals surface area (Å²) in [4.78, 5) is 39.1. The number of non-ortho nitro benzene ring substituents is 1. The van der Waals surface area contributed by atoms with E-state index in [0.717, 1.165) is 21.5 Å². The van der Waals surface area contributed by atoms with Crippen molar-refractivity contribution in [3.8, 4) is 0 Å². The van der Waals surface area contributed by atoms with Crippen LogP contribution in [0.25, 0.3) is 0 Å². The lowest BCUT2D eigenvalue weighted by Gasteiger charge is -2.32. The van der Waals surface area contributed by atoms with Crippen molar-refractivity contribution < 1.29 is 22.9 Å². The number of carbonyl (C=O) groups is 2. The minimum Gasteiger partial charge on any atom is -0.352 e. The van der Waals surface area contributed by atoms with Crippen LogP contribution in [0.15, 0.2) is 83.8 Å². The molecule has 0 spiro atoms. The molecule has 0 aliphatic carbocycles. The zero-order valence-corrected chi connectivity index (χ0v) is 23.8. The van der Waals surface area contributed by atoms with Gasteiger partial charge < -0.3 is 10.2 Å². The average molecular weight is 567 g/mol. The number of amides is 2. The van der Waals surface area contributed by atoms with Gasteiger partial charge in [0.25, 0.3) is 15.7 Å². The Balaban J connectivity index is 2.07. The van der Waals surface area contributed by atoms with Crippen molar-refractivity contribution in [2.24, 2.45) is 0 Å². The second kappa shape index (κ2) is 13.2. The van der Waals surface area contributed by atoms with Crippen molar-refractivity contribution >= 4 is 33.2 Å². The van der Waals surface area contributed by atoms with E-state index in [0.29, 0.717) is 6.42 Å². The van der Waals surface area contributed by atoms with Crippen LogP contribution in [0.5, 0.6) is 0 Å². The first-order valence-electron chi connectivity index (χ1n) is 12.9. The Morgan fingerprint density at radius 2 is 1.62 bits per heavy atom. The Morgan fingerprint density at radius 3 is 2.25 bits per heavy atom. The van der Waals surface area contributed by atoms with Crippen molar-refractivity contribution in [2.75, 3.05) is 10.8 Å². The zero-order valence-electron chi connectivity index (χ0n) is 23.0. The van der Waals surface area contributed by atoms with Crippen LogP contribution in [-0.4, -0.2) is 48.7 Å². The lowest BCUT2D eigenvalue weighted by molar-refractivity contribution is -0.384. The van der Waals surface area contributed by atoms with Crippen molar-refractivity contribution in [1.29, 1.82) is 0 Å². The van der Waals surface area contributed by atoms with E-state index in [-0.39, 0.29) is 34.8 Å². The first kappa shape index (κ1) is 30.3. The molecule has 40 heavy (non-hydrogen) atoms. The Labute approximate surface area is 234 Å². The molecule has 0 aromatic heterocycles. The molecule has 0 aliphatic rings. The second-order valence-electron chi connectivity index (χ2n) is 9.54. The summed E-state index contributed by atoms with van der Waals surface area (Å²) in [6.45, 7) is 6.65. The van der Waals surface area contributed by atoms with Gasteiger partial charge in [-0.05, 0) is 56.5 Å². The second-order valence-corrected chi connectivity index (χ2v) is 11.4. The molecule has 1 N–H and O–H groups in total. The van der Waals surface area contributed by atoms with Crippen molar-refractivity contribution in [3.63, 3.8) is 0 Å². The average Bonchev–Trinajstić information content (AvgIpc) is 2.95. The van der Waals surface area contributed by atoms with Gasteiger partial charge in [0.1, 0.15) is 12.6 Å². The predicted octanol–water partition coefficient (Wildman–Crippen LogP) is 4.43. The maximum Gasteiger partial charge on any atom is 0.271 e. The highest BCUT2D eigenvalue weighted by molar-refractivity contribution is 7.92. The first-order valence-corrected chi connectivity index (χ1v) is 14.4. The first-order chi connectivity index (χ1) is 18.9. The van der Waals surface area contributed by atoms with Crippen LogP contribution >= 0.6 is 0 Å². The molecule has 3 rings (SSSR count). The monoisotopic (exact) mass is 566 g/mol. The van der Waals surface area contributed by atoms with Crippen molar-refractivity contribution in [2.45, 2.75) is 57.6 Å². The summed E-state index contributed by atoms with van der Waals surface area (Å²) < 4.78 is 28.4. The molecule has 3 aromatic carbocycles. The van der Waals surface area contributed by atoms with Gasteiger partial charge in [0.05, 0.1) is 15.5 Å². The number of aryl methyl sites for hydroxylation is 1. The van der Waals surface area contributed by atoms with Gasteiger partial charge in [-0.1, -0.05) is 55.5 Å². The summed E-state index contributed by atoms with van der Waals surface area (Å²) in [6.07, 6.45) is 0.695. The van der Waals surface area contributed by atoms with E-state index in [2.05, 4.69) is 5.32 Å². The number of nitrogens with zero attached hydrogens (tertiary/aromatic N) is 3. The SMILES string of the molecule is CC[C@@H](C)NC(=O)[C@@H](C)N(Cc1ccccc1C)C(=O)CN(c1cccc([N+](=O)[O-])c1)S(=O)(=O)c1ccccc1. The smallest absolute Gasteiger partial charge is 0.271 e. The Bertz CT molecular complexity index is 1460. The molecule has 212 valence electrons. The summed E-state index contributed by atoms with van der Waals surface area (Å²) in [5.74, 6) is -1.01. The molecule has 0 saturated carbocycles. The van der Waals surface area contributed by atoms with E-state index in [4.69, 9.17) is 0 Å². The normalized spacial score (nSPS) is 12.7. The maximum atomic E-state index is 13.9. The van der Waals surface area contributed by atoms with Crippen LogP contribution in [-0.2, 0) is 26.2 Å². The highest BCUT2D eigenvalue weighted by Gasteiger charge is 2.33. The Morgan fingerprint density at radius 1 is 0.975 bits per heavy atom. The summed E-state index contributed by atoms with van der Waals surface area (Å²) in [5, 5.41) is 14.3. The van der Waals surface area contributed by atoms with E-state index in [1.54, 1.807) is 25.1 Å². The van der Waals surface area contributed by atoms with Gasteiger partial charge >= 0.3 is 0 Å². The Kier molecular flexibility index (Phi) is 10.0. The quantitative estimate of drug-likeness (QED) is 0.255. The van der Waals surface area contributed by atoms with Crippen LogP contribution in [0.2, 0.25) is 0 Å². The third kappa shape index (κ3) is 7.23. The standard InChI is InChI=1S/C29H34N4O6S/c1-5-22(3)30-29(35)23(4)31(19-24-13-10-9-12-21(24)2)28(34)20-32(25-14-11-15-26(18-25)33(36)37)40(38,39)27-16-7-6-8-17-27/h6-18,22-23H,5,19-20H2,1-4H3,(H,30,35)/t22-,23-/m1/s1. The molecular weight excluding hydrogens is 532 g/mol. The van der Waals surface area contributed by atoms with Gasteiger partial charge in [-0.15, -0.1) is 0 Å². The third-order valence-electron chi connectivity index (χ3n) is 6.71. The predicted molar refractivity (Wildman–Crippen MR) is 153 cm³/mol. The molecule has 3 aromatic rings. The molecule has 2 amide bonds. The topological polar surface area (TPSA) is 130 Å². The summed E-state index contributed by atoms with van der Waals surface area (Å²) in [5.41, 5.74) is 1.34. The van der Waals surface area contributed by atoms with Crippen molar-refractivity contribution in [1.82, 2.24) is 10.2 Å². The van der Waals surface area contributed by atoms with Gasteiger partial charge in [0.15, 0.2) is 0 Å². The van der Waals surface area contributed by atoms with Crippen molar-refractivity contribution in [3.05, 3.63) is 100 Å². The van der Waals surface area contributed by atoms with Gasteiger partial charge in [-0.2, -0.15) is 0 Å². The fourth-order valence-electron chi connectivity index (χ4n) is 4.03. The van der Waals surface area contributed by atoms with E-state index in [1.165, 1.54) is 35.2 Å². The van der Waals surface area contributed by atoms with E-state index in [9.17, 15) is 28.1 Å². The van der Waals surface area contributed by atoms with Crippen LogP contribution in [0.1, 0.15) is 38.3 Å². The number of hydrogen-bond acceptors (Lipinski definition) is 6. The molecule has 10 nitrogen and oxygen atoms in total.